The molecule has 0 fully saturated rings. The summed E-state index contributed by atoms with van der Waals surface area (Å²) in [5, 5.41) is 0. The van der Waals surface area contributed by atoms with Crippen LogP contribution < -0.4 is 0 Å². The molecule has 126 valence electrons. The molecule has 0 aromatic heterocycles. The monoisotopic (exact) mass is 433 g/mol. The van der Waals surface area contributed by atoms with E-state index < -0.39 is 23.4 Å². The van der Waals surface area contributed by atoms with Crippen LogP contribution in [-0.2, 0) is 19.1 Å². The number of amides is 1. The van der Waals surface area contributed by atoms with Crippen LogP contribution in [0.4, 0.5) is 0 Å². The molecule has 23 heavy (non-hydrogen) atoms. The Hall–Kier alpha value is -1.64. The van der Waals surface area contributed by atoms with Gasteiger partial charge in [-0.15, -0.1) is 0 Å². The lowest BCUT2D eigenvalue weighted by Gasteiger charge is -2.34. The van der Waals surface area contributed by atoms with Crippen LogP contribution in [0, 0.1) is 3.57 Å². The first-order chi connectivity index (χ1) is 10.8. The van der Waals surface area contributed by atoms with Gasteiger partial charge in [-0.25, -0.2) is 9.59 Å². The molecule has 0 aliphatic carbocycles. The van der Waals surface area contributed by atoms with Crippen LogP contribution in [0.25, 0.3) is 0 Å². The number of esters is 2. The van der Waals surface area contributed by atoms with E-state index in [0.29, 0.717) is 5.56 Å². The molecule has 0 heterocycles. The summed E-state index contributed by atoms with van der Waals surface area (Å²) >= 11 is 2.12. The highest BCUT2D eigenvalue weighted by molar-refractivity contribution is 14.1. The van der Waals surface area contributed by atoms with Crippen molar-refractivity contribution in [3.8, 4) is 0 Å². The van der Waals surface area contributed by atoms with E-state index >= 15 is 0 Å². The fourth-order valence-electron chi connectivity index (χ4n) is 1.89. The molecule has 7 heteroatoms. The van der Waals surface area contributed by atoms with Gasteiger partial charge < -0.3 is 14.4 Å². The summed E-state index contributed by atoms with van der Waals surface area (Å²) in [5.74, 6) is -2.11. The molecular formula is C16H20INO5. The number of halogens is 1. The van der Waals surface area contributed by atoms with E-state index in [1.807, 2.05) is 0 Å². The maximum Gasteiger partial charge on any atom is 0.343 e. The van der Waals surface area contributed by atoms with Crippen LogP contribution in [0.2, 0.25) is 0 Å². The van der Waals surface area contributed by atoms with E-state index in [0.717, 1.165) is 8.47 Å². The van der Waals surface area contributed by atoms with Gasteiger partial charge in [0.2, 0.25) is 5.54 Å². The first kappa shape index (κ1) is 19.4. The zero-order chi connectivity index (χ0) is 17.6. The number of carbonyl (C=O) groups excluding carboxylic acids is 3. The number of rotatable bonds is 6. The van der Waals surface area contributed by atoms with Gasteiger partial charge in [0.1, 0.15) is 0 Å². The van der Waals surface area contributed by atoms with Crippen LogP contribution in [0.1, 0.15) is 31.1 Å². The number of ether oxygens (including phenoxy) is 2. The zero-order valence-electron chi connectivity index (χ0n) is 13.6. The lowest BCUT2D eigenvalue weighted by atomic mass is 9.99. The number of benzene rings is 1. The second-order valence-corrected chi connectivity index (χ2v) is 6.13. The van der Waals surface area contributed by atoms with Gasteiger partial charge in [-0.2, -0.15) is 0 Å². The summed E-state index contributed by atoms with van der Waals surface area (Å²) in [4.78, 5) is 38.3. The normalized spacial score (nSPS) is 10.8. The third kappa shape index (κ3) is 4.21. The SMILES string of the molecule is CCOC(=O)C(C)(C(=O)OCC)N(C)C(=O)c1ccc(I)cc1. The number of hydrogen-bond donors (Lipinski definition) is 0. The maximum absolute atomic E-state index is 12.6. The van der Waals surface area contributed by atoms with Crippen LogP contribution in [0.15, 0.2) is 24.3 Å². The van der Waals surface area contributed by atoms with E-state index in [2.05, 4.69) is 22.6 Å². The summed E-state index contributed by atoms with van der Waals surface area (Å²) < 4.78 is 10.9. The summed E-state index contributed by atoms with van der Waals surface area (Å²) in [6.07, 6.45) is 0. The summed E-state index contributed by atoms with van der Waals surface area (Å²) in [5.41, 5.74) is -1.47. The van der Waals surface area contributed by atoms with Gasteiger partial charge in [-0.3, -0.25) is 4.79 Å². The van der Waals surface area contributed by atoms with Crippen molar-refractivity contribution in [2.24, 2.45) is 0 Å². The largest absolute Gasteiger partial charge is 0.464 e. The first-order valence-electron chi connectivity index (χ1n) is 7.17. The molecule has 0 saturated heterocycles. The predicted molar refractivity (Wildman–Crippen MR) is 92.9 cm³/mol. The minimum atomic E-state index is -1.84. The molecule has 0 bridgehead atoms. The molecule has 0 atom stereocenters. The van der Waals surface area contributed by atoms with Gasteiger partial charge in [0.05, 0.1) is 13.2 Å². The van der Waals surface area contributed by atoms with Crippen LogP contribution in [0.3, 0.4) is 0 Å². The van der Waals surface area contributed by atoms with E-state index in [1.54, 1.807) is 38.1 Å². The Balaban J connectivity index is 3.19. The van der Waals surface area contributed by atoms with Gasteiger partial charge in [-0.05, 0) is 67.6 Å². The van der Waals surface area contributed by atoms with Crippen molar-refractivity contribution >= 4 is 40.4 Å². The highest BCUT2D eigenvalue weighted by Gasteiger charge is 2.50. The zero-order valence-corrected chi connectivity index (χ0v) is 15.7. The number of hydrogen-bond acceptors (Lipinski definition) is 5. The number of carbonyl (C=O) groups is 3. The number of likely N-dealkylation sites (N-methyl/N-ethyl adjacent to an activating group) is 1. The molecule has 1 aromatic carbocycles. The van der Waals surface area contributed by atoms with Crippen molar-refractivity contribution < 1.29 is 23.9 Å². The fourth-order valence-corrected chi connectivity index (χ4v) is 2.25. The van der Waals surface area contributed by atoms with Gasteiger partial charge in [-0.1, -0.05) is 0 Å². The third-order valence-electron chi connectivity index (χ3n) is 3.41. The Bertz CT molecular complexity index is 567. The van der Waals surface area contributed by atoms with E-state index in [4.69, 9.17) is 9.47 Å². The molecule has 0 aliphatic heterocycles. The molecule has 0 aliphatic rings. The Morgan fingerprint density at radius 1 is 1.04 bits per heavy atom. The quantitative estimate of drug-likeness (QED) is 0.391. The van der Waals surface area contributed by atoms with Crippen molar-refractivity contribution in [3.05, 3.63) is 33.4 Å². The van der Waals surface area contributed by atoms with Crippen molar-refractivity contribution in [3.63, 3.8) is 0 Å². The van der Waals surface area contributed by atoms with Gasteiger partial charge >= 0.3 is 11.9 Å². The molecule has 0 saturated carbocycles. The molecule has 0 N–H and O–H groups in total. The summed E-state index contributed by atoms with van der Waals surface area (Å²) in [7, 11) is 1.38. The molecule has 0 radical (unpaired) electrons. The van der Waals surface area contributed by atoms with E-state index in [1.165, 1.54) is 14.0 Å². The molecule has 1 rings (SSSR count). The average Bonchev–Trinajstić information content (AvgIpc) is 2.53. The minimum Gasteiger partial charge on any atom is -0.464 e. The smallest absolute Gasteiger partial charge is 0.343 e. The second kappa shape index (κ2) is 8.28. The molecule has 0 unspecified atom stereocenters. The van der Waals surface area contributed by atoms with Crippen molar-refractivity contribution in [1.29, 1.82) is 0 Å². The lowest BCUT2D eigenvalue weighted by molar-refractivity contribution is -0.170. The number of nitrogens with zero attached hydrogens (tertiary/aromatic N) is 1. The third-order valence-corrected chi connectivity index (χ3v) is 4.13. The predicted octanol–water partition coefficient (Wildman–Crippen LogP) is 2.25. The molecule has 1 amide bonds. The van der Waals surface area contributed by atoms with Gasteiger partial charge in [0.25, 0.3) is 5.91 Å². The Kier molecular flexibility index (Phi) is 6.99. The first-order valence-corrected chi connectivity index (χ1v) is 8.25. The maximum atomic E-state index is 12.6. The average molecular weight is 433 g/mol. The van der Waals surface area contributed by atoms with Crippen molar-refractivity contribution in [1.82, 2.24) is 4.90 Å². The Labute approximate surface area is 149 Å². The lowest BCUT2D eigenvalue weighted by Crippen LogP contribution is -2.59. The summed E-state index contributed by atoms with van der Waals surface area (Å²) in [6, 6.07) is 6.82. The Morgan fingerprint density at radius 3 is 1.87 bits per heavy atom. The summed E-state index contributed by atoms with van der Waals surface area (Å²) in [6.45, 7) is 4.78. The fraction of sp³-hybridized carbons (Fsp3) is 0.438. The molecular weight excluding hydrogens is 413 g/mol. The van der Waals surface area contributed by atoms with Crippen LogP contribution >= 0.6 is 22.6 Å². The van der Waals surface area contributed by atoms with E-state index in [-0.39, 0.29) is 13.2 Å². The van der Waals surface area contributed by atoms with Crippen LogP contribution in [-0.4, -0.2) is 48.5 Å². The minimum absolute atomic E-state index is 0.0966. The highest BCUT2D eigenvalue weighted by atomic mass is 127. The standard InChI is InChI=1S/C16H20INO5/c1-5-22-14(20)16(3,15(21)23-6-2)18(4)13(19)11-7-9-12(17)10-8-11/h7-10H,5-6H2,1-4H3. The molecule has 6 nitrogen and oxygen atoms in total. The van der Waals surface area contributed by atoms with Crippen molar-refractivity contribution in [2.75, 3.05) is 20.3 Å². The molecule has 0 spiro atoms. The highest BCUT2D eigenvalue weighted by Crippen LogP contribution is 2.21. The van der Waals surface area contributed by atoms with Gasteiger partial charge in [0, 0.05) is 16.2 Å². The van der Waals surface area contributed by atoms with Gasteiger partial charge in [0.15, 0.2) is 0 Å². The molecule has 1 aromatic rings. The topological polar surface area (TPSA) is 72.9 Å². The van der Waals surface area contributed by atoms with Crippen LogP contribution in [0.5, 0.6) is 0 Å². The van der Waals surface area contributed by atoms with Crippen molar-refractivity contribution in [2.45, 2.75) is 26.3 Å². The Morgan fingerprint density at radius 2 is 1.48 bits per heavy atom. The second-order valence-electron chi connectivity index (χ2n) is 4.88. The van der Waals surface area contributed by atoms with E-state index in [9.17, 15) is 14.4 Å².